The topological polar surface area (TPSA) is 65.2 Å². The van der Waals surface area contributed by atoms with Gasteiger partial charge in [-0.25, -0.2) is 19.5 Å². The predicted octanol–water partition coefficient (Wildman–Crippen LogP) is 7.47. The first kappa shape index (κ1) is 21.8. The van der Waals surface area contributed by atoms with Gasteiger partial charge in [-0.05, 0) is 23.1 Å². The number of benzene rings is 4. The van der Waals surface area contributed by atoms with Gasteiger partial charge in [0.2, 0.25) is 5.88 Å². The van der Waals surface area contributed by atoms with Crippen LogP contribution in [0.15, 0.2) is 102 Å². The molecule has 6 nitrogen and oxygen atoms in total. The zero-order chi connectivity index (χ0) is 25.1. The van der Waals surface area contributed by atoms with Gasteiger partial charge in [-0.1, -0.05) is 90.6 Å². The van der Waals surface area contributed by atoms with E-state index in [9.17, 15) is 0 Å². The maximum absolute atomic E-state index is 6.52. The Morgan fingerprint density at radius 3 is 2.63 bits per heavy atom. The highest BCUT2D eigenvalue weighted by molar-refractivity contribution is 8.00. The van der Waals surface area contributed by atoms with E-state index in [1.165, 1.54) is 4.70 Å². The molecule has 7 aromatic rings. The zero-order valence-corrected chi connectivity index (χ0v) is 21.6. The summed E-state index contributed by atoms with van der Waals surface area (Å²) in [5.41, 5.74) is 4.99. The molecule has 0 N–H and O–H groups in total. The summed E-state index contributed by atoms with van der Waals surface area (Å²) in [4.78, 5) is 14.4. The number of fused-ring (bicyclic) bond motifs is 7. The van der Waals surface area contributed by atoms with Crippen LogP contribution in [0.5, 0.6) is 11.6 Å². The van der Waals surface area contributed by atoms with Crippen LogP contribution in [0.3, 0.4) is 0 Å². The van der Waals surface area contributed by atoms with Crippen molar-refractivity contribution in [2.45, 2.75) is 16.0 Å². The number of thiazole rings is 1. The van der Waals surface area contributed by atoms with Gasteiger partial charge in [0, 0.05) is 16.9 Å². The number of nitrogens with zero attached hydrogens (tertiary/aromatic N) is 5. The minimum Gasteiger partial charge on any atom is -0.438 e. The van der Waals surface area contributed by atoms with Crippen molar-refractivity contribution in [2.75, 3.05) is 0 Å². The Balaban J connectivity index is 1.24. The second kappa shape index (κ2) is 8.65. The molecule has 0 spiro atoms. The quantitative estimate of drug-likeness (QED) is 0.220. The summed E-state index contributed by atoms with van der Waals surface area (Å²) in [6.45, 7) is 0. The summed E-state index contributed by atoms with van der Waals surface area (Å²) in [6.07, 6.45) is 1.70. The van der Waals surface area contributed by atoms with Crippen LogP contribution in [0.1, 0.15) is 28.4 Å². The van der Waals surface area contributed by atoms with E-state index in [1.807, 2.05) is 36.4 Å². The standard InChI is InChI=1S/C30H19N5OS2/c1-2-9-19(10-3-1)25-21-15-14-18-8-4-5-11-20(18)27(21)36-29-26(25)28-33-24(34-35(28)17-31-29)16-37-30-32-22-12-6-7-13-23(22)38-30/h1-15,17,25H,16H2. The molecule has 4 aromatic carbocycles. The maximum atomic E-state index is 6.52. The molecule has 0 amide bonds. The van der Waals surface area contributed by atoms with Crippen molar-refractivity contribution in [3.63, 3.8) is 0 Å². The predicted molar refractivity (Wildman–Crippen MR) is 151 cm³/mol. The van der Waals surface area contributed by atoms with Crippen LogP contribution in [0.4, 0.5) is 0 Å². The summed E-state index contributed by atoms with van der Waals surface area (Å²) in [5.74, 6) is 2.71. The number of hydrogen-bond donors (Lipinski definition) is 0. The SMILES string of the molecule is c1ccc(C2c3ccc4ccccc4c3Oc3ncn4nc(CSc5nc6ccccc6s5)nc4c32)cc1. The first-order valence-corrected chi connectivity index (χ1v) is 14.1. The minimum absolute atomic E-state index is 0.0790. The van der Waals surface area contributed by atoms with Crippen LogP contribution in [0.2, 0.25) is 0 Å². The zero-order valence-electron chi connectivity index (χ0n) is 20.0. The normalized spacial score (nSPS) is 14.5. The van der Waals surface area contributed by atoms with Crippen LogP contribution < -0.4 is 4.74 Å². The van der Waals surface area contributed by atoms with Crippen LogP contribution in [-0.4, -0.2) is 24.6 Å². The van der Waals surface area contributed by atoms with Gasteiger partial charge in [-0.2, -0.15) is 0 Å². The summed E-state index contributed by atoms with van der Waals surface area (Å²) in [6, 6.07) is 31.3. The molecule has 1 atom stereocenters. The van der Waals surface area contributed by atoms with Crippen molar-refractivity contribution in [2.24, 2.45) is 0 Å². The lowest BCUT2D eigenvalue weighted by Crippen LogP contribution is -2.15. The third-order valence-electron chi connectivity index (χ3n) is 6.87. The largest absolute Gasteiger partial charge is 0.438 e. The summed E-state index contributed by atoms with van der Waals surface area (Å²) >= 11 is 3.35. The molecule has 38 heavy (non-hydrogen) atoms. The number of thioether (sulfide) groups is 1. The third-order valence-corrected chi connectivity index (χ3v) is 9.05. The second-order valence-electron chi connectivity index (χ2n) is 9.15. The van der Waals surface area contributed by atoms with Crippen LogP contribution >= 0.6 is 23.1 Å². The Labute approximate surface area is 226 Å². The van der Waals surface area contributed by atoms with Crippen molar-refractivity contribution >= 4 is 49.7 Å². The number of ether oxygens (including phenoxy) is 1. The lowest BCUT2D eigenvalue weighted by Gasteiger charge is -2.28. The fourth-order valence-electron chi connectivity index (χ4n) is 5.18. The van der Waals surface area contributed by atoms with E-state index in [2.05, 4.69) is 54.6 Å². The molecule has 0 saturated carbocycles. The van der Waals surface area contributed by atoms with E-state index >= 15 is 0 Å². The van der Waals surface area contributed by atoms with Gasteiger partial charge in [0.25, 0.3) is 0 Å². The molecule has 4 heterocycles. The van der Waals surface area contributed by atoms with E-state index in [1.54, 1.807) is 33.9 Å². The fourth-order valence-corrected chi connectivity index (χ4v) is 7.10. The van der Waals surface area contributed by atoms with Crippen LogP contribution in [0.25, 0.3) is 26.6 Å². The first-order valence-electron chi connectivity index (χ1n) is 12.3. The highest BCUT2D eigenvalue weighted by atomic mass is 32.2. The second-order valence-corrected chi connectivity index (χ2v) is 11.4. The van der Waals surface area contributed by atoms with Gasteiger partial charge in [-0.15, -0.1) is 16.4 Å². The molecule has 182 valence electrons. The average Bonchev–Trinajstić information content (AvgIpc) is 3.59. The Hall–Kier alpha value is -4.27. The van der Waals surface area contributed by atoms with E-state index in [-0.39, 0.29) is 5.92 Å². The first-order chi connectivity index (χ1) is 18.8. The van der Waals surface area contributed by atoms with Crippen LogP contribution in [-0.2, 0) is 5.75 Å². The highest BCUT2D eigenvalue weighted by Gasteiger charge is 2.34. The molecule has 8 rings (SSSR count). The molecule has 0 aliphatic carbocycles. The van der Waals surface area contributed by atoms with Crippen molar-refractivity contribution < 1.29 is 4.74 Å². The Morgan fingerprint density at radius 2 is 1.71 bits per heavy atom. The number of rotatable bonds is 4. The van der Waals surface area contributed by atoms with Gasteiger partial charge in [-0.3, -0.25) is 0 Å². The van der Waals surface area contributed by atoms with Gasteiger partial charge in [0.05, 0.1) is 21.5 Å². The van der Waals surface area contributed by atoms with Gasteiger partial charge in [0.15, 0.2) is 15.8 Å². The molecule has 0 saturated heterocycles. The van der Waals surface area contributed by atoms with Crippen molar-refractivity contribution in [3.8, 4) is 11.6 Å². The minimum atomic E-state index is -0.0790. The fraction of sp³-hybridized carbons (Fsp3) is 0.0667. The Morgan fingerprint density at radius 1 is 0.868 bits per heavy atom. The van der Waals surface area contributed by atoms with Crippen molar-refractivity contribution in [1.29, 1.82) is 0 Å². The number of para-hydroxylation sites is 1. The highest BCUT2D eigenvalue weighted by Crippen LogP contribution is 2.50. The van der Waals surface area contributed by atoms with Gasteiger partial charge >= 0.3 is 0 Å². The number of hydrogen-bond acceptors (Lipinski definition) is 7. The molecule has 0 radical (unpaired) electrons. The average molecular weight is 530 g/mol. The monoisotopic (exact) mass is 529 g/mol. The van der Waals surface area contributed by atoms with E-state index < -0.39 is 0 Å². The third kappa shape index (κ3) is 3.48. The van der Waals surface area contributed by atoms with Gasteiger partial charge < -0.3 is 4.74 Å². The summed E-state index contributed by atoms with van der Waals surface area (Å²) in [7, 11) is 0. The van der Waals surface area contributed by atoms with E-state index in [0.29, 0.717) is 11.6 Å². The molecule has 3 aromatic heterocycles. The molecule has 1 unspecified atom stereocenters. The van der Waals surface area contributed by atoms with Crippen molar-refractivity contribution in [3.05, 3.63) is 120 Å². The maximum Gasteiger partial charge on any atom is 0.228 e. The lowest BCUT2D eigenvalue weighted by molar-refractivity contribution is 0.437. The van der Waals surface area contributed by atoms with E-state index in [4.69, 9.17) is 24.8 Å². The van der Waals surface area contributed by atoms with Crippen LogP contribution in [0, 0.1) is 0 Å². The smallest absolute Gasteiger partial charge is 0.228 e. The van der Waals surface area contributed by atoms with Gasteiger partial charge in [0.1, 0.15) is 12.1 Å². The molecule has 0 fully saturated rings. The molecule has 1 aliphatic rings. The Kier molecular flexibility index (Phi) is 4.96. The number of aromatic nitrogens is 5. The Bertz CT molecular complexity index is 1950. The van der Waals surface area contributed by atoms with E-state index in [0.717, 1.165) is 54.5 Å². The molecular formula is C30H19N5OS2. The summed E-state index contributed by atoms with van der Waals surface area (Å²) in [5, 5.41) is 6.98. The van der Waals surface area contributed by atoms with Crippen molar-refractivity contribution in [1.82, 2.24) is 24.6 Å². The molecule has 8 heteroatoms. The summed E-state index contributed by atoms with van der Waals surface area (Å²) < 4.78 is 10.5. The molecular weight excluding hydrogens is 510 g/mol. The molecule has 0 bridgehead atoms. The molecule has 1 aliphatic heterocycles. The lowest BCUT2D eigenvalue weighted by atomic mass is 9.83.